The highest BCUT2D eigenvalue weighted by molar-refractivity contribution is 7.98. The lowest BCUT2D eigenvalue weighted by molar-refractivity contribution is 0.447. The molecule has 2 heterocycles. The van der Waals surface area contributed by atoms with Gasteiger partial charge < -0.3 is 4.90 Å². The first-order chi connectivity index (χ1) is 8.35. The molecule has 0 amide bonds. The van der Waals surface area contributed by atoms with Crippen LogP contribution in [0.1, 0.15) is 25.7 Å². The fraction of sp³-hybridized carbons (Fsp3) is 0.667. The third-order valence-corrected chi connectivity index (χ3v) is 4.06. The SMILES string of the molecule is CSc1cc(N2CCCCC2CCCl)ncn1. The molecule has 5 heteroatoms. The standard InChI is InChI=1S/C12H18ClN3S/c1-17-12-8-11(14-9-15-12)16-7-3-2-4-10(16)5-6-13/h8-10H,2-7H2,1H3. The molecule has 0 radical (unpaired) electrons. The molecule has 1 aromatic heterocycles. The van der Waals surface area contributed by atoms with Crippen LogP contribution in [0.2, 0.25) is 0 Å². The number of alkyl halides is 1. The maximum atomic E-state index is 5.88. The molecule has 0 aliphatic carbocycles. The first-order valence-electron chi connectivity index (χ1n) is 6.04. The molecule has 17 heavy (non-hydrogen) atoms. The van der Waals surface area contributed by atoms with Crippen molar-refractivity contribution < 1.29 is 0 Å². The van der Waals surface area contributed by atoms with Crippen LogP contribution >= 0.6 is 23.4 Å². The van der Waals surface area contributed by atoms with Crippen LogP contribution in [0.25, 0.3) is 0 Å². The second kappa shape index (κ2) is 6.45. The summed E-state index contributed by atoms with van der Waals surface area (Å²) in [5, 5.41) is 1.03. The third kappa shape index (κ3) is 3.26. The molecule has 1 aromatic rings. The van der Waals surface area contributed by atoms with E-state index in [2.05, 4.69) is 20.9 Å². The summed E-state index contributed by atoms with van der Waals surface area (Å²) in [6, 6.07) is 2.63. The van der Waals surface area contributed by atoms with Crippen molar-refractivity contribution in [2.24, 2.45) is 0 Å². The number of hydrogen-bond donors (Lipinski definition) is 0. The number of rotatable bonds is 4. The summed E-state index contributed by atoms with van der Waals surface area (Å²) in [7, 11) is 0. The average Bonchev–Trinajstić information content (AvgIpc) is 2.40. The van der Waals surface area contributed by atoms with E-state index in [0.29, 0.717) is 6.04 Å². The fourth-order valence-electron chi connectivity index (χ4n) is 2.33. The molecule has 1 unspecified atom stereocenters. The zero-order chi connectivity index (χ0) is 12.1. The predicted octanol–water partition coefficient (Wildman–Crippen LogP) is 3.19. The summed E-state index contributed by atoms with van der Waals surface area (Å²) in [6.45, 7) is 1.09. The van der Waals surface area contributed by atoms with Crippen LogP contribution in [0.4, 0.5) is 5.82 Å². The maximum Gasteiger partial charge on any atom is 0.133 e. The van der Waals surface area contributed by atoms with Crippen LogP contribution in [-0.4, -0.2) is 34.7 Å². The molecule has 0 saturated carbocycles. The van der Waals surface area contributed by atoms with Crippen LogP contribution in [0, 0.1) is 0 Å². The minimum absolute atomic E-state index is 0.547. The normalized spacial score (nSPS) is 20.6. The summed E-state index contributed by atoms with van der Waals surface area (Å²) in [6.07, 6.45) is 8.52. The molecular weight excluding hydrogens is 254 g/mol. The van der Waals surface area contributed by atoms with Crippen molar-refractivity contribution in [2.75, 3.05) is 23.6 Å². The molecule has 2 rings (SSSR count). The molecule has 1 aliphatic heterocycles. The first-order valence-corrected chi connectivity index (χ1v) is 7.79. The Bertz CT molecular complexity index is 359. The highest BCUT2D eigenvalue weighted by Crippen LogP contribution is 2.26. The van der Waals surface area contributed by atoms with Gasteiger partial charge in [-0.25, -0.2) is 9.97 Å². The second-order valence-electron chi connectivity index (χ2n) is 4.24. The molecular formula is C12H18ClN3S. The Labute approximate surface area is 112 Å². The molecule has 94 valence electrons. The summed E-state index contributed by atoms with van der Waals surface area (Å²) < 4.78 is 0. The van der Waals surface area contributed by atoms with Crippen molar-refractivity contribution in [3.63, 3.8) is 0 Å². The van der Waals surface area contributed by atoms with E-state index in [9.17, 15) is 0 Å². The van der Waals surface area contributed by atoms with E-state index in [4.69, 9.17) is 11.6 Å². The summed E-state index contributed by atoms with van der Waals surface area (Å²) in [4.78, 5) is 11.0. The van der Waals surface area contributed by atoms with Crippen molar-refractivity contribution in [3.8, 4) is 0 Å². The van der Waals surface area contributed by atoms with Crippen molar-refractivity contribution in [2.45, 2.75) is 36.8 Å². The monoisotopic (exact) mass is 271 g/mol. The van der Waals surface area contributed by atoms with Gasteiger partial charge in [0.05, 0.1) is 0 Å². The predicted molar refractivity (Wildman–Crippen MR) is 74.1 cm³/mol. The van der Waals surface area contributed by atoms with E-state index in [1.807, 2.05) is 6.26 Å². The van der Waals surface area contributed by atoms with Crippen LogP contribution < -0.4 is 4.90 Å². The number of piperidine rings is 1. The molecule has 0 bridgehead atoms. The number of aromatic nitrogens is 2. The third-order valence-electron chi connectivity index (χ3n) is 3.20. The largest absolute Gasteiger partial charge is 0.353 e. The lowest BCUT2D eigenvalue weighted by Crippen LogP contribution is -2.40. The number of halogens is 1. The zero-order valence-electron chi connectivity index (χ0n) is 10.1. The van der Waals surface area contributed by atoms with Gasteiger partial charge in [-0.1, -0.05) is 0 Å². The van der Waals surface area contributed by atoms with Crippen LogP contribution in [0.3, 0.4) is 0 Å². The average molecular weight is 272 g/mol. The van der Waals surface area contributed by atoms with E-state index in [1.54, 1.807) is 18.1 Å². The minimum Gasteiger partial charge on any atom is -0.353 e. The van der Waals surface area contributed by atoms with Crippen LogP contribution in [-0.2, 0) is 0 Å². The quantitative estimate of drug-likeness (QED) is 0.478. The smallest absolute Gasteiger partial charge is 0.133 e. The number of hydrogen-bond acceptors (Lipinski definition) is 4. The Morgan fingerprint density at radius 1 is 1.47 bits per heavy atom. The number of nitrogens with zero attached hydrogens (tertiary/aromatic N) is 3. The van der Waals surface area contributed by atoms with Crippen LogP contribution in [0.15, 0.2) is 17.4 Å². The molecule has 1 saturated heterocycles. The Morgan fingerprint density at radius 3 is 3.12 bits per heavy atom. The van der Waals surface area contributed by atoms with E-state index in [-0.39, 0.29) is 0 Å². The van der Waals surface area contributed by atoms with Gasteiger partial charge in [-0.15, -0.1) is 23.4 Å². The van der Waals surface area contributed by atoms with Crippen molar-refractivity contribution >= 4 is 29.2 Å². The van der Waals surface area contributed by atoms with E-state index < -0.39 is 0 Å². The number of anilines is 1. The molecule has 0 spiro atoms. The maximum absolute atomic E-state index is 5.88. The topological polar surface area (TPSA) is 29.0 Å². The molecule has 1 fully saturated rings. The Hall–Kier alpha value is -0.480. The van der Waals surface area contributed by atoms with Gasteiger partial charge in [0.2, 0.25) is 0 Å². The van der Waals surface area contributed by atoms with Gasteiger partial charge in [0, 0.05) is 24.5 Å². The number of thioether (sulfide) groups is 1. The van der Waals surface area contributed by atoms with E-state index in [1.165, 1.54) is 19.3 Å². The zero-order valence-corrected chi connectivity index (χ0v) is 11.7. The van der Waals surface area contributed by atoms with Crippen molar-refractivity contribution in [1.29, 1.82) is 0 Å². The molecule has 3 nitrogen and oxygen atoms in total. The van der Waals surface area contributed by atoms with Gasteiger partial charge >= 0.3 is 0 Å². The lowest BCUT2D eigenvalue weighted by atomic mass is 10.00. The van der Waals surface area contributed by atoms with Gasteiger partial charge in [0.25, 0.3) is 0 Å². The van der Waals surface area contributed by atoms with Crippen molar-refractivity contribution in [1.82, 2.24) is 9.97 Å². The van der Waals surface area contributed by atoms with Gasteiger partial charge in [0.1, 0.15) is 17.2 Å². The highest BCUT2D eigenvalue weighted by atomic mass is 35.5. The Morgan fingerprint density at radius 2 is 2.35 bits per heavy atom. The van der Waals surface area contributed by atoms with Gasteiger partial charge in [-0.3, -0.25) is 0 Å². The molecule has 1 aliphatic rings. The summed E-state index contributed by atoms with van der Waals surface area (Å²) >= 11 is 7.54. The second-order valence-corrected chi connectivity index (χ2v) is 5.44. The molecule has 0 aromatic carbocycles. The molecule has 1 atom stereocenters. The lowest BCUT2D eigenvalue weighted by Gasteiger charge is -2.36. The van der Waals surface area contributed by atoms with Gasteiger partial charge in [-0.05, 0) is 31.9 Å². The highest BCUT2D eigenvalue weighted by Gasteiger charge is 2.23. The van der Waals surface area contributed by atoms with E-state index in [0.717, 1.165) is 29.7 Å². The van der Waals surface area contributed by atoms with Crippen LogP contribution in [0.5, 0.6) is 0 Å². The Kier molecular flexibility index (Phi) is 4.92. The van der Waals surface area contributed by atoms with Gasteiger partial charge in [0.15, 0.2) is 0 Å². The molecule has 0 N–H and O–H groups in total. The minimum atomic E-state index is 0.547. The van der Waals surface area contributed by atoms with Crippen molar-refractivity contribution in [3.05, 3.63) is 12.4 Å². The fourth-order valence-corrected chi connectivity index (χ4v) is 2.95. The summed E-state index contributed by atoms with van der Waals surface area (Å²) in [5.74, 6) is 1.78. The Balaban J connectivity index is 2.16. The van der Waals surface area contributed by atoms with Gasteiger partial charge in [-0.2, -0.15) is 0 Å². The first kappa shape index (κ1) is 13.0. The summed E-state index contributed by atoms with van der Waals surface area (Å²) in [5.41, 5.74) is 0. The van der Waals surface area contributed by atoms with E-state index >= 15 is 0 Å².